The highest BCUT2D eigenvalue weighted by Crippen LogP contribution is 2.26. The Morgan fingerprint density at radius 3 is 2.74 bits per heavy atom. The molecule has 0 aliphatic heterocycles. The van der Waals surface area contributed by atoms with Crippen molar-refractivity contribution in [1.29, 1.82) is 0 Å². The van der Waals surface area contributed by atoms with E-state index in [0.717, 1.165) is 11.3 Å². The lowest BCUT2D eigenvalue weighted by Crippen LogP contribution is -2.08. The Labute approximate surface area is 112 Å². The maximum absolute atomic E-state index is 6.04. The average molecular weight is 255 g/mol. The van der Waals surface area contributed by atoms with Gasteiger partial charge in [0.1, 0.15) is 12.0 Å². The van der Waals surface area contributed by atoms with Crippen LogP contribution in [0.2, 0.25) is 0 Å². The van der Waals surface area contributed by atoms with Crippen molar-refractivity contribution in [3.05, 3.63) is 48.8 Å². The highest BCUT2D eigenvalue weighted by molar-refractivity contribution is 5.78. The van der Waals surface area contributed by atoms with E-state index in [0.29, 0.717) is 23.9 Å². The molecule has 1 aromatic heterocycles. The fourth-order valence-corrected chi connectivity index (χ4v) is 1.65. The first-order valence-corrected chi connectivity index (χ1v) is 6.00. The summed E-state index contributed by atoms with van der Waals surface area (Å²) in [6.45, 7) is 6.27. The van der Waals surface area contributed by atoms with Gasteiger partial charge in [0.05, 0.1) is 0 Å². The van der Waals surface area contributed by atoms with Crippen molar-refractivity contribution in [2.75, 3.05) is 22.9 Å². The molecule has 19 heavy (non-hydrogen) atoms. The summed E-state index contributed by atoms with van der Waals surface area (Å²) in [6.07, 6.45) is 3.22. The van der Waals surface area contributed by atoms with Crippen molar-refractivity contribution < 1.29 is 0 Å². The number of rotatable bonds is 5. The first-order valence-electron chi connectivity index (χ1n) is 6.00. The van der Waals surface area contributed by atoms with Gasteiger partial charge in [0.2, 0.25) is 0 Å². The lowest BCUT2D eigenvalue weighted by Gasteiger charge is -2.13. The van der Waals surface area contributed by atoms with E-state index >= 15 is 0 Å². The molecule has 0 saturated carbocycles. The summed E-state index contributed by atoms with van der Waals surface area (Å²) in [7, 11) is 0. The van der Waals surface area contributed by atoms with E-state index in [1.807, 2.05) is 31.2 Å². The molecule has 2 aromatic rings. The molecule has 0 spiro atoms. The second-order valence-corrected chi connectivity index (χ2v) is 4.09. The van der Waals surface area contributed by atoms with Gasteiger partial charge in [-0.05, 0) is 18.6 Å². The molecule has 4 N–H and O–H groups in total. The monoisotopic (exact) mass is 255 g/mol. The molecule has 5 nitrogen and oxygen atoms in total. The number of hydrogen-bond acceptors (Lipinski definition) is 5. The summed E-state index contributed by atoms with van der Waals surface area (Å²) in [6, 6.07) is 7.95. The van der Waals surface area contributed by atoms with Crippen LogP contribution in [0, 0.1) is 6.92 Å². The molecule has 98 valence electrons. The van der Waals surface area contributed by atoms with Gasteiger partial charge < -0.3 is 16.4 Å². The van der Waals surface area contributed by atoms with Crippen LogP contribution in [0.5, 0.6) is 0 Å². The fraction of sp³-hybridized carbons (Fsp3) is 0.143. The summed E-state index contributed by atoms with van der Waals surface area (Å²) >= 11 is 0. The van der Waals surface area contributed by atoms with Gasteiger partial charge in [0.15, 0.2) is 11.6 Å². The third-order valence-corrected chi connectivity index (χ3v) is 2.70. The Balaban J connectivity index is 2.26. The minimum atomic E-state index is 0.493. The summed E-state index contributed by atoms with van der Waals surface area (Å²) in [5.41, 5.74) is 8.63. The molecular formula is C14H17N5. The van der Waals surface area contributed by atoms with Gasteiger partial charge in [-0.1, -0.05) is 24.3 Å². The Morgan fingerprint density at radius 2 is 2.00 bits per heavy atom. The Morgan fingerprint density at radius 1 is 1.26 bits per heavy atom. The van der Waals surface area contributed by atoms with Crippen LogP contribution in [0.25, 0.3) is 0 Å². The first-order chi connectivity index (χ1) is 9.22. The zero-order chi connectivity index (χ0) is 13.7. The largest absolute Gasteiger partial charge is 0.393 e. The zero-order valence-electron chi connectivity index (χ0n) is 10.9. The number of aromatic nitrogens is 2. The van der Waals surface area contributed by atoms with E-state index in [1.54, 1.807) is 6.08 Å². The molecule has 1 aromatic carbocycles. The van der Waals surface area contributed by atoms with E-state index in [-0.39, 0.29) is 0 Å². The number of para-hydroxylation sites is 1. The minimum Gasteiger partial charge on any atom is -0.393 e. The molecule has 0 aliphatic rings. The number of nitrogens with one attached hydrogen (secondary N) is 2. The summed E-state index contributed by atoms with van der Waals surface area (Å²) in [4.78, 5) is 8.28. The zero-order valence-corrected chi connectivity index (χ0v) is 10.9. The van der Waals surface area contributed by atoms with E-state index in [9.17, 15) is 0 Å². The molecule has 2 rings (SSSR count). The van der Waals surface area contributed by atoms with Crippen LogP contribution >= 0.6 is 0 Å². The predicted octanol–water partition coefficient (Wildman–Crippen LogP) is 2.71. The van der Waals surface area contributed by atoms with E-state index in [2.05, 4.69) is 27.2 Å². The van der Waals surface area contributed by atoms with Crippen molar-refractivity contribution in [3.8, 4) is 0 Å². The fourth-order valence-electron chi connectivity index (χ4n) is 1.65. The molecule has 0 atom stereocenters. The van der Waals surface area contributed by atoms with E-state index in [4.69, 9.17) is 5.73 Å². The SMILES string of the molecule is C=CCNc1ncnc(Nc2ccccc2C)c1N. The average Bonchev–Trinajstić information content (AvgIpc) is 2.42. The van der Waals surface area contributed by atoms with Gasteiger partial charge in [-0.15, -0.1) is 6.58 Å². The normalized spacial score (nSPS) is 9.95. The molecule has 0 fully saturated rings. The van der Waals surface area contributed by atoms with Crippen LogP contribution in [-0.2, 0) is 0 Å². The van der Waals surface area contributed by atoms with Crippen LogP contribution in [0.15, 0.2) is 43.2 Å². The summed E-state index contributed by atoms with van der Waals surface area (Å²) in [5, 5.41) is 6.28. The second kappa shape index (κ2) is 5.86. The number of nitrogens with zero attached hydrogens (tertiary/aromatic N) is 2. The number of anilines is 4. The minimum absolute atomic E-state index is 0.493. The van der Waals surface area contributed by atoms with Crippen LogP contribution in [0.3, 0.4) is 0 Å². The molecule has 0 saturated heterocycles. The highest BCUT2D eigenvalue weighted by atomic mass is 15.1. The van der Waals surface area contributed by atoms with E-state index in [1.165, 1.54) is 6.33 Å². The third-order valence-electron chi connectivity index (χ3n) is 2.70. The number of aryl methyl sites for hydroxylation is 1. The number of benzene rings is 1. The van der Waals surface area contributed by atoms with E-state index < -0.39 is 0 Å². The van der Waals surface area contributed by atoms with Crippen LogP contribution in [0.1, 0.15) is 5.56 Å². The van der Waals surface area contributed by atoms with Gasteiger partial charge in [0, 0.05) is 12.2 Å². The number of hydrogen-bond donors (Lipinski definition) is 3. The Bertz CT molecular complexity index is 580. The Kier molecular flexibility index (Phi) is 3.97. The topological polar surface area (TPSA) is 75.9 Å². The van der Waals surface area contributed by atoms with Gasteiger partial charge in [-0.3, -0.25) is 0 Å². The lowest BCUT2D eigenvalue weighted by molar-refractivity contribution is 1.14. The molecule has 0 aliphatic carbocycles. The van der Waals surface area contributed by atoms with Crippen molar-refractivity contribution in [2.24, 2.45) is 0 Å². The smallest absolute Gasteiger partial charge is 0.159 e. The molecule has 0 bridgehead atoms. The molecule has 5 heteroatoms. The van der Waals surface area contributed by atoms with Gasteiger partial charge >= 0.3 is 0 Å². The van der Waals surface area contributed by atoms with Gasteiger partial charge in [0.25, 0.3) is 0 Å². The maximum atomic E-state index is 6.04. The van der Waals surface area contributed by atoms with Crippen LogP contribution in [-0.4, -0.2) is 16.5 Å². The Hall–Kier alpha value is -2.56. The highest BCUT2D eigenvalue weighted by Gasteiger charge is 2.08. The summed E-state index contributed by atoms with van der Waals surface area (Å²) < 4.78 is 0. The lowest BCUT2D eigenvalue weighted by atomic mass is 10.2. The molecule has 0 amide bonds. The standard InChI is InChI=1S/C14H17N5/c1-3-8-16-13-12(15)14(18-9-17-13)19-11-7-5-4-6-10(11)2/h3-7,9H,1,8,15H2,2H3,(H2,16,17,18,19). The quantitative estimate of drug-likeness (QED) is 0.716. The van der Waals surface area contributed by atoms with Crippen molar-refractivity contribution in [3.63, 3.8) is 0 Å². The third kappa shape index (κ3) is 3.01. The van der Waals surface area contributed by atoms with Gasteiger partial charge in [-0.2, -0.15) is 0 Å². The second-order valence-electron chi connectivity index (χ2n) is 4.09. The summed E-state index contributed by atoms with van der Waals surface area (Å²) in [5.74, 6) is 1.20. The van der Waals surface area contributed by atoms with Crippen molar-refractivity contribution >= 4 is 23.0 Å². The molecule has 0 radical (unpaired) electrons. The number of nitrogens with two attached hydrogens (primary N) is 1. The molecular weight excluding hydrogens is 238 g/mol. The van der Waals surface area contributed by atoms with Crippen LogP contribution in [0.4, 0.5) is 23.0 Å². The predicted molar refractivity (Wildman–Crippen MR) is 79.6 cm³/mol. The van der Waals surface area contributed by atoms with Crippen molar-refractivity contribution in [2.45, 2.75) is 6.92 Å². The maximum Gasteiger partial charge on any atom is 0.159 e. The first kappa shape index (κ1) is 12.9. The van der Waals surface area contributed by atoms with Crippen molar-refractivity contribution in [1.82, 2.24) is 9.97 Å². The molecule has 0 unspecified atom stereocenters. The number of nitrogen functional groups attached to an aromatic ring is 1. The van der Waals surface area contributed by atoms with Crippen LogP contribution < -0.4 is 16.4 Å². The van der Waals surface area contributed by atoms with Gasteiger partial charge in [-0.25, -0.2) is 9.97 Å². The molecule has 1 heterocycles.